The molecule has 1 aliphatic carbocycles. The normalized spacial score (nSPS) is 18.5. The van der Waals surface area contributed by atoms with Crippen molar-refractivity contribution in [1.29, 1.82) is 0 Å². The van der Waals surface area contributed by atoms with Crippen molar-refractivity contribution < 1.29 is 18.5 Å². The van der Waals surface area contributed by atoms with Gasteiger partial charge in [-0.2, -0.15) is 0 Å². The first-order valence-electron chi connectivity index (χ1n) is 13.3. The minimum absolute atomic E-state index is 0.0135. The molecule has 2 fully saturated rings. The molecule has 2 amide bonds. The molecule has 0 radical (unpaired) electrons. The Morgan fingerprint density at radius 2 is 1.70 bits per heavy atom. The third-order valence-corrected chi connectivity index (χ3v) is 8.29. The number of carbonyl (C=O) groups is 2. The average Bonchev–Trinajstić information content (AvgIpc) is 3.61. The van der Waals surface area contributed by atoms with Crippen LogP contribution in [-0.4, -0.2) is 35.0 Å². The molecule has 0 unspecified atom stereocenters. The first-order chi connectivity index (χ1) is 17.9. The minimum Gasteiger partial charge on any atom is -0.356 e. The van der Waals surface area contributed by atoms with Crippen LogP contribution in [0.4, 0.5) is 4.39 Å². The highest BCUT2D eigenvalue weighted by Gasteiger charge is 2.48. The summed E-state index contributed by atoms with van der Waals surface area (Å²) in [4.78, 5) is 29.0. The molecule has 1 atom stereocenters. The van der Waals surface area contributed by atoms with Crippen LogP contribution in [0.1, 0.15) is 73.1 Å². The Balaban J connectivity index is 1.27. The number of piperidine rings is 1. The Morgan fingerprint density at radius 3 is 2.30 bits per heavy atom. The fourth-order valence-corrected chi connectivity index (χ4v) is 6.04. The lowest BCUT2D eigenvalue weighted by atomic mass is 9.67. The summed E-state index contributed by atoms with van der Waals surface area (Å²) in [5.41, 5.74) is 2.72. The molecule has 1 aromatic heterocycles. The van der Waals surface area contributed by atoms with E-state index in [1.165, 1.54) is 12.1 Å². The van der Waals surface area contributed by atoms with Gasteiger partial charge in [-0.1, -0.05) is 42.3 Å². The second-order valence-corrected chi connectivity index (χ2v) is 10.6. The lowest BCUT2D eigenvalue weighted by Gasteiger charge is -2.45. The highest BCUT2D eigenvalue weighted by molar-refractivity contribution is 5.95. The predicted molar refractivity (Wildman–Crippen MR) is 139 cm³/mol. The van der Waals surface area contributed by atoms with Crippen LogP contribution >= 0.6 is 0 Å². The maximum Gasteiger partial charge on any atom is 0.253 e. The van der Waals surface area contributed by atoms with Crippen LogP contribution in [0.15, 0.2) is 59.1 Å². The number of carbonyl (C=O) groups excluding carboxylic acids is 2. The van der Waals surface area contributed by atoms with Gasteiger partial charge in [-0.3, -0.25) is 9.59 Å². The quantitative estimate of drug-likeness (QED) is 0.442. The van der Waals surface area contributed by atoms with Gasteiger partial charge in [0.05, 0.1) is 17.2 Å². The van der Waals surface area contributed by atoms with Crippen LogP contribution in [0.2, 0.25) is 0 Å². The van der Waals surface area contributed by atoms with Crippen LogP contribution in [0, 0.1) is 24.1 Å². The molecule has 194 valence electrons. The summed E-state index contributed by atoms with van der Waals surface area (Å²) in [5, 5.41) is 7.15. The highest BCUT2D eigenvalue weighted by atomic mass is 19.1. The van der Waals surface area contributed by atoms with Crippen molar-refractivity contribution in [3.63, 3.8) is 0 Å². The van der Waals surface area contributed by atoms with Crippen LogP contribution < -0.4 is 5.32 Å². The van der Waals surface area contributed by atoms with E-state index in [1.54, 1.807) is 12.1 Å². The van der Waals surface area contributed by atoms with E-state index < -0.39 is 5.41 Å². The van der Waals surface area contributed by atoms with Gasteiger partial charge in [0.2, 0.25) is 5.91 Å². The van der Waals surface area contributed by atoms with Gasteiger partial charge >= 0.3 is 0 Å². The van der Waals surface area contributed by atoms with E-state index >= 15 is 0 Å². The van der Waals surface area contributed by atoms with Crippen molar-refractivity contribution in [3.8, 4) is 11.3 Å². The number of halogens is 1. The van der Waals surface area contributed by atoms with E-state index in [1.807, 2.05) is 49.1 Å². The van der Waals surface area contributed by atoms with E-state index in [9.17, 15) is 14.0 Å². The highest BCUT2D eigenvalue weighted by Crippen LogP contribution is 2.47. The number of nitrogens with zero attached hydrogens (tertiary/aromatic N) is 2. The Hall–Kier alpha value is -3.48. The fraction of sp³-hybridized carbons (Fsp3) is 0.433. The number of aryl methyl sites for hydroxylation is 1. The molecular formula is C30H34FN3O3. The monoisotopic (exact) mass is 503 g/mol. The van der Waals surface area contributed by atoms with Crippen molar-refractivity contribution in [3.05, 3.63) is 77.2 Å². The number of nitrogens with one attached hydrogen (secondary N) is 1. The lowest BCUT2D eigenvalue weighted by molar-refractivity contribution is -0.138. The van der Waals surface area contributed by atoms with E-state index in [2.05, 4.69) is 10.5 Å². The molecule has 5 rings (SSSR count). The molecule has 6 nitrogen and oxygen atoms in total. The summed E-state index contributed by atoms with van der Waals surface area (Å²) < 4.78 is 18.7. The smallest absolute Gasteiger partial charge is 0.253 e. The van der Waals surface area contributed by atoms with Crippen molar-refractivity contribution in [2.45, 2.75) is 58.4 Å². The Bertz CT molecular complexity index is 1240. The Morgan fingerprint density at radius 1 is 1.05 bits per heavy atom. The van der Waals surface area contributed by atoms with E-state index in [0.29, 0.717) is 43.2 Å². The standard InChI is InChI=1S/C30H34FN3O3/c1-20-19-27(37-33-20)23-7-9-24(10-8-23)28(35)34-17-15-30(16-18-34,25-5-3-4-6-25)29(36)32-21(2)22-11-13-26(31)14-12-22/h7-14,19,21,25H,3-6,15-18H2,1-2H3,(H,32,36)/t21-/m0/s1. The summed E-state index contributed by atoms with van der Waals surface area (Å²) in [5.74, 6) is 0.770. The lowest BCUT2D eigenvalue weighted by Crippen LogP contribution is -2.53. The van der Waals surface area contributed by atoms with Crippen LogP contribution in [0.3, 0.4) is 0 Å². The maximum absolute atomic E-state index is 13.8. The third kappa shape index (κ3) is 5.17. The third-order valence-electron chi connectivity index (χ3n) is 8.29. The molecule has 7 heteroatoms. The van der Waals surface area contributed by atoms with Gasteiger partial charge in [0.25, 0.3) is 5.91 Å². The summed E-state index contributed by atoms with van der Waals surface area (Å²) in [6.07, 6.45) is 5.70. The Kier molecular flexibility index (Phi) is 7.13. The number of benzene rings is 2. The topological polar surface area (TPSA) is 75.4 Å². The minimum atomic E-state index is -0.477. The van der Waals surface area contributed by atoms with Crippen molar-refractivity contribution >= 4 is 11.8 Å². The molecule has 0 bridgehead atoms. The van der Waals surface area contributed by atoms with Gasteiger partial charge in [-0.25, -0.2) is 4.39 Å². The number of likely N-dealkylation sites (tertiary alicyclic amines) is 1. The molecule has 1 N–H and O–H groups in total. The zero-order valence-corrected chi connectivity index (χ0v) is 21.5. The van der Waals surface area contributed by atoms with E-state index in [-0.39, 0.29) is 23.7 Å². The van der Waals surface area contributed by atoms with E-state index in [0.717, 1.165) is 42.5 Å². The summed E-state index contributed by atoms with van der Waals surface area (Å²) >= 11 is 0. The first-order valence-corrected chi connectivity index (χ1v) is 13.3. The fourth-order valence-electron chi connectivity index (χ4n) is 6.04. The summed E-state index contributed by atoms with van der Waals surface area (Å²) in [6, 6.07) is 15.4. The van der Waals surface area contributed by atoms with Crippen LogP contribution in [0.25, 0.3) is 11.3 Å². The summed E-state index contributed by atoms with van der Waals surface area (Å²) in [7, 11) is 0. The van der Waals surface area contributed by atoms with Crippen LogP contribution in [-0.2, 0) is 4.79 Å². The number of amides is 2. The zero-order chi connectivity index (χ0) is 26.0. The molecule has 1 saturated carbocycles. The molecule has 0 spiro atoms. The first kappa shape index (κ1) is 25.2. The van der Waals surface area contributed by atoms with Crippen molar-refractivity contribution in [2.75, 3.05) is 13.1 Å². The molecule has 2 aliphatic rings. The maximum atomic E-state index is 13.8. The van der Waals surface area contributed by atoms with Gasteiger partial charge in [-0.15, -0.1) is 0 Å². The van der Waals surface area contributed by atoms with Gasteiger partial charge in [0, 0.05) is 30.3 Å². The number of hydrogen-bond donors (Lipinski definition) is 1. The zero-order valence-electron chi connectivity index (χ0n) is 21.5. The number of rotatable bonds is 6. The van der Waals surface area contributed by atoms with Gasteiger partial charge in [-0.05, 0) is 75.3 Å². The van der Waals surface area contributed by atoms with Gasteiger partial charge in [0.15, 0.2) is 5.76 Å². The SMILES string of the molecule is Cc1cc(-c2ccc(C(=O)N3CCC(C(=O)N[C@@H](C)c4ccc(F)cc4)(C4CCCC4)CC3)cc2)on1. The molecule has 3 aromatic rings. The Labute approximate surface area is 217 Å². The molecule has 2 aromatic carbocycles. The van der Waals surface area contributed by atoms with Gasteiger partial charge in [0.1, 0.15) is 5.82 Å². The summed E-state index contributed by atoms with van der Waals surface area (Å²) in [6.45, 7) is 4.92. The van der Waals surface area contributed by atoms with Gasteiger partial charge < -0.3 is 14.7 Å². The van der Waals surface area contributed by atoms with Crippen molar-refractivity contribution in [2.24, 2.45) is 11.3 Å². The number of aromatic nitrogens is 1. The largest absolute Gasteiger partial charge is 0.356 e. The molecule has 1 aliphatic heterocycles. The molecular weight excluding hydrogens is 469 g/mol. The predicted octanol–water partition coefficient (Wildman–Crippen LogP) is 6.08. The van der Waals surface area contributed by atoms with E-state index in [4.69, 9.17) is 4.52 Å². The average molecular weight is 504 g/mol. The number of hydrogen-bond acceptors (Lipinski definition) is 4. The molecule has 37 heavy (non-hydrogen) atoms. The second kappa shape index (κ2) is 10.5. The second-order valence-electron chi connectivity index (χ2n) is 10.6. The van der Waals surface area contributed by atoms with Crippen LogP contribution in [0.5, 0.6) is 0 Å². The van der Waals surface area contributed by atoms with Crippen molar-refractivity contribution in [1.82, 2.24) is 15.4 Å². The molecule has 2 heterocycles. The molecule has 1 saturated heterocycles.